The Hall–Kier alpha value is -2.86. The molecule has 0 aliphatic rings. The van der Waals surface area contributed by atoms with E-state index in [9.17, 15) is 4.79 Å². The smallest absolute Gasteiger partial charge is 0.291 e. The molecule has 0 bridgehead atoms. The number of furan rings is 1. The number of nitrogen functional groups attached to an aromatic ring is 1. The molecule has 1 unspecified atom stereocenters. The van der Waals surface area contributed by atoms with Crippen LogP contribution in [0.4, 0.5) is 11.4 Å². The van der Waals surface area contributed by atoms with E-state index in [4.69, 9.17) is 10.2 Å². The van der Waals surface area contributed by atoms with Crippen LogP contribution in [0.3, 0.4) is 0 Å². The van der Waals surface area contributed by atoms with Crippen LogP contribution in [0, 0.1) is 12.8 Å². The average molecular weight is 481 g/mol. The third-order valence-corrected chi connectivity index (χ3v) is 6.13. The summed E-state index contributed by atoms with van der Waals surface area (Å²) in [5.41, 5.74) is 9.99. The molecule has 3 N–H and O–H groups in total. The lowest BCUT2D eigenvalue weighted by atomic mass is 10.0. The van der Waals surface area contributed by atoms with Crippen molar-refractivity contribution in [2.75, 3.05) is 24.1 Å². The molecule has 0 aliphatic heterocycles. The molecule has 35 heavy (non-hydrogen) atoms. The molecule has 0 saturated carbocycles. The minimum Gasteiger partial charge on any atom is -0.459 e. The van der Waals surface area contributed by atoms with Gasteiger partial charge in [0.1, 0.15) is 0 Å². The zero-order chi connectivity index (χ0) is 25.8. The molecule has 0 fully saturated rings. The number of amides is 1. The lowest BCUT2D eigenvalue weighted by Gasteiger charge is -2.20. The Labute approximate surface area is 211 Å². The summed E-state index contributed by atoms with van der Waals surface area (Å²) in [4.78, 5) is 19.6. The Kier molecular flexibility index (Phi) is 11.8. The number of nitrogens with two attached hydrogens (primary N) is 1. The van der Waals surface area contributed by atoms with Crippen LogP contribution >= 0.6 is 0 Å². The van der Waals surface area contributed by atoms with Crippen molar-refractivity contribution in [2.24, 2.45) is 5.92 Å². The summed E-state index contributed by atoms with van der Waals surface area (Å²) in [5, 5.41) is 3.74. The average Bonchev–Trinajstić information content (AvgIpc) is 3.28. The van der Waals surface area contributed by atoms with E-state index >= 15 is 0 Å². The number of pyridine rings is 1. The number of anilines is 2. The number of nitrogens with zero attached hydrogens (tertiary/aromatic N) is 2. The maximum atomic E-state index is 12.8. The molecule has 0 spiro atoms. The number of nitrogens with one attached hydrogen (secondary N) is 1. The number of fused-ring (bicyclic) bond motifs is 1. The zero-order valence-corrected chi connectivity index (χ0v) is 22.5. The molecule has 0 radical (unpaired) electrons. The van der Waals surface area contributed by atoms with E-state index in [1.165, 1.54) is 19.3 Å². The van der Waals surface area contributed by atoms with Crippen molar-refractivity contribution >= 4 is 28.2 Å². The van der Waals surface area contributed by atoms with Gasteiger partial charge < -0.3 is 15.5 Å². The number of aryl methyl sites for hydroxylation is 1. The van der Waals surface area contributed by atoms with Crippen molar-refractivity contribution in [2.45, 2.75) is 80.2 Å². The molecular formula is C29H44N4O2. The fourth-order valence-electron chi connectivity index (χ4n) is 4.16. The molecular weight excluding hydrogens is 436 g/mol. The largest absolute Gasteiger partial charge is 0.459 e. The van der Waals surface area contributed by atoms with Gasteiger partial charge in [-0.2, -0.15) is 0 Å². The monoisotopic (exact) mass is 480 g/mol. The minimum absolute atomic E-state index is 0.258. The summed E-state index contributed by atoms with van der Waals surface area (Å²) in [6.07, 6.45) is 7.81. The van der Waals surface area contributed by atoms with Crippen LogP contribution in [-0.2, 0) is 6.54 Å². The van der Waals surface area contributed by atoms with Gasteiger partial charge in [0.2, 0.25) is 0 Å². The van der Waals surface area contributed by atoms with E-state index in [2.05, 4.69) is 49.8 Å². The van der Waals surface area contributed by atoms with Gasteiger partial charge in [0.25, 0.3) is 5.91 Å². The zero-order valence-electron chi connectivity index (χ0n) is 22.5. The fourth-order valence-corrected chi connectivity index (χ4v) is 4.16. The second-order valence-electron chi connectivity index (χ2n) is 9.39. The molecule has 6 heteroatoms. The fraction of sp³-hybridized carbons (Fsp3) is 0.517. The van der Waals surface area contributed by atoms with E-state index < -0.39 is 0 Å². The number of rotatable bonds is 11. The molecule has 3 aromatic rings. The second kappa shape index (κ2) is 14.5. The molecule has 1 amide bonds. The number of carbonyl (C=O) groups is 1. The molecule has 2 aromatic heterocycles. The first-order valence-electron chi connectivity index (χ1n) is 13.1. The lowest BCUT2D eigenvalue weighted by molar-refractivity contribution is 0.0994. The number of hydrogen-bond acceptors (Lipinski definition) is 5. The SMILES string of the molecule is CCCC(C)CC.CCCN(CCC)Cc1ccoc1C(=O)Nc1ccc2nc(C)cc(N)c2c1. The lowest BCUT2D eigenvalue weighted by Crippen LogP contribution is -2.26. The van der Waals surface area contributed by atoms with E-state index in [0.29, 0.717) is 23.7 Å². The van der Waals surface area contributed by atoms with Crippen LogP contribution < -0.4 is 11.1 Å². The summed E-state index contributed by atoms with van der Waals surface area (Å²) < 4.78 is 5.51. The number of hydrogen-bond donors (Lipinski definition) is 2. The van der Waals surface area contributed by atoms with E-state index in [-0.39, 0.29) is 5.91 Å². The predicted molar refractivity (Wildman–Crippen MR) is 148 cm³/mol. The second-order valence-corrected chi connectivity index (χ2v) is 9.39. The van der Waals surface area contributed by atoms with Gasteiger partial charge in [-0.25, -0.2) is 0 Å². The van der Waals surface area contributed by atoms with Crippen LogP contribution in [0.25, 0.3) is 10.9 Å². The topological polar surface area (TPSA) is 84.4 Å². The van der Waals surface area contributed by atoms with Gasteiger partial charge in [0, 0.05) is 34.6 Å². The summed E-state index contributed by atoms with van der Waals surface area (Å²) in [5.74, 6) is 1.04. The maximum absolute atomic E-state index is 12.8. The standard InChI is InChI=1S/C22H28N4O2.C7H16/c1-4-9-26(10-5-2)14-16-8-11-28-21(16)22(27)25-17-6-7-20-18(13-17)19(23)12-15(3)24-20;1-4-6-7(3)5-2/h6-8,11-13H,4-5,9-10,14H2,1-3H3,(H2,23,24)(H,25,27);7H,4-6H2,1-3H3. The number of carbonyl (C=O) groups excluding carboxylic acids is 1. The highest BCUT2D eigenvalue weighted by atomic mass is 16.3. The van der Waals surface area contributed by atoms with Crippen molar-refractivity contribution in [3.05, 3.63) is 53.6 Å². The maximum Gasteiger partial charge on any atom is 0.291 e. The third kappa shape index (κ3) is 8.70. The van der Waals surface area contributed by atoms with Crippen LogP contribution in [0.15, 0.2) is 41.0 Å². The normalized spacial score (nSPS) is 11.9. The molecule has 192 valence electrons. The first-order valence-corrected chi connectivity index (χ1v) is 13.1. The highest BCUT2D eigenvalue weighted by Crippen LogP contribution is 2.25. The van der Waals surface area contributed by atoms with Crippen molar-refractivity contribution in [1.29, 1.82) is 0 Å². The van der Waals surface area contributed by atoms with Gasteiger partial charge in [-0.05, 0) is 69.1 Å². The number of benzene rings is 1. The van der Waals surface area contributed by atoms with E-state index in [1.807, 2.05) is 37.3 Å². The summed E-state index contributed by atoms with van der Waals surface area (Å²) >= 11 is 0. The Morgan fingerprint density at radius 3 is 2.40 bits per heavy atom. The Bertz CT molecular complexity index is 1050. The van der Waals surface area contributed by atoms with Gasteiger partial charge in [0.05, 0.1) is 11.8 Å². The Balaban J connectivity index is 0.000000540. The molecule has 1 atom stereocenters. The summed E-state index contributed by atoms with van der Waals surface area (Å²) in [6, 6.07) is 9.24. The molecule has 2 heterocycles. The Morgan fingerprint density at radius 2 is 1.80 bits per heavy atom. The van der Waals surface area contributed by atoms with Crippen molar-refractivity contribution in [3.63, 3.8) is 0 Å². The number of aromatic nitrogens is 1. The predicted octanol–water partition coefficient (Wildman–Crippen LogP) is 7.43. The minimum atomic E-state index is -0.258. The Morgan fingerprint density at radius 1 is 1.09 bits per heavy atom. The first-order chi connectivity index (χ1) is 16.8. The molecule has 1 aromatic carbocycles. The highest BCUT2D eigenvalue weighted by Gasteiger charge is 2.18. The van der Waals surface area contributed by atoms with Gasteiger partial charge >= 0.3 is 0 Å². The van der Waals surface area contributed by atoms with Gasteiger partial charge in [-0.3, -0.25) is 14.7 Å². The van der Waals surface area contributed by atoms with Gasteiger partial charge in [-0.15, -0.1) is 0 Å². The molecule has 6 nitrogen and oxygen atoms in total. The third-order valence-electron chi connectivity index (χ3n) is 6.13. The van der Waals surface area contributed by atoms with E-state index in [1.54, 1.807) is 6.26 Å². The summed E-state index contributed by atoms with van der Waals surface area (Å²) in [7, 11) is 0. The van der Waals surface area contributed by atoms with Gasteiger partial charge in [0.15, 0.2) is 5.76 Å². The summed E-state index contributed by atoms with van der Waals surface area (Å²) in [6.45, 7) is 15.7. The van der Waals surface area contributed by atoms with Crippen molar-refractivity contribution in [1.82, 2.24) is 9.88 Å². The molecule has 3 rings (SSSR count). The van der Waals surface area contributed by atoms with Crippen LogP contribution in [-0.4, -0.2) is 28.9 Å². The van der Waals surface area contributed by atoms with Crippen LogP contribution in [0.2, 0.25) is 0 Å². The molecule has 0 aliphatic carbocycles. The van der Waals surface area contributed by atoms with Crippen LogP contribution in [0.5, 0.6) is 0 Å². The molecule has 0 saturated heterocycles. The van der Waals surface area contributed by atoms with Crippen molar-refractivity contribution < 1.29 is 9.21 Å². The first kappa shape index (κ1) is 28.4. The quantitative estimate of drug-likeness (QED) is 0.298. The highest BCUT2D eigenvalue weighted by molar-refractivity contribution is 6.04. The van der Waals surface area contributed by atoms with E-state index in [0.717, 1.165) is 54.0 Å². The van der Waals surface area contributed by atoms with Crippen molar-refractivity contribution in [3.8, 4) is 0 Å². The van der Waals surface area contributed by atoms with Crippen LogP contribution in [0.1, 0.15) is 88.5 Å². The van der Waals surface area contributed by atoms with Gasteiger partial charge in [-0.1, -0.05) is 53.9 Å².